The number of methoxy groups -OCH3 is 1. The molecule has 0 N–H and O–H groups in total. The van der Waals surface area contributed by atoms with Gasteiger partial charge >= 0.3 is 5.97 Å². The number of fused-ring (bicyclic) bond motifs is 1. The van der Waals surface area contributed by atoms with Crippen LogP contribution in [-0.2, 0) is 19.0 Å². The van der Waals surface area contributed by atoms with Gasteiger partial charge in [0.25, 0.3) is 11.8 Å². The van der Waals surface area contributed by atoms with Gasteiger partial charge in [0.2, 0.25) is 0 Å². The van der Waals surface area contributed by atoms with Gasteiger partial charge in [0, 0.05) is 6.42 Å². The largest absolute Gasteiger partial charge is 0.469 e. The average Bonchev–Trinajstić information content (AvgIpc) is 3.12. The van der Waals surface area contributed by atoms with Crippen molar-refractivity contribution in [3.63, 3.8) is 0 Å². The Kier molecular flexibility index (Phi) is 6.49. The molecule has 1 aromatic carbocycles. The summed E-state index contributed by atoms with van der Waals surface area (Å²) < 4.78 is 16.6. The van der Waals surface area contributed by atoms with Gasteiger partial charge in [-0.15, -0.1) is 0 Å². The highest BCUT2D eigenvalue weighted by Crippen LogP contribution is 2.32. The van der Waals surface area contributed by atoms with Crippen LogP contribution in [0.2, 0.25) is 0 Å². The van der Waals surface area contributed by atoms with Crippen LogP contribution < -0.4 is 0 Å². The number of benzene rings is 1. The number of rotatable bonds is 8. The summed E-state index contributed by atoms with van der Waals surface area (Å²) in [5.74, 6) is -1.59. The molecule has 0 spiro atoms. The number of carbonyl (C=O) groups is 3. The van der Waals surface area contributed by atoms with Crippen LogP contribution in [0.25, 0.3) is 0 Å². The van der Waals surface area contributed by atoms with Crippen molar-refractivity contribution in [1.29, 1.82) is 0 Å². The minimum absolute atomic E-state index is 0.149. The number of amides is 2. The second-order valence-electron chi connectivity index (χ2n) is 7.65. The van der Waals surface area contributed by atoms with Gasteiger partial charge in [0.1, 0.15) is 6.10 Å². The van der Waals surface area contributed by atoms with Crippen molar-refractivity contribution in [2.24, 2.45) is 0 Å². The average molecular weight is 401 g/mol. The van der Waals surface area contributed by atoms with Crippen LogP contribution in [0.5, 0.6) is 0 Å². The number of ether oxygens (including phenoxy) is 3. The van der Waals surface area contributed by atoms with Gasteiger partial charge < -0.3 is 14.2 Å². The Bertz CT molecular complexity index is 780. The van der Waals surface area contributed by atoms with Gasteiger partial charge in [-0.05, 0) is 45.2 Å². The van der Waals surface area contributed by atoms with Gasteiger partial charge in [0.15, 0.2) is 5.79 Å². The molecule has 2 aliphatic rings. The molecular weight excluding hydrogens is 374 g/mol. The van der Waals surface area contributed by atoms with Crippen LogP contribution in [-0.4, -0.2) is 54.3 Å². The highest BCUT2D eigenvalue weighted by Gasteiger charge is 2.45. The molecule has 0 unspecified atom stereocenters. The lowest BCUT2D eigenvalue weighted by atomic mass is 10.1. The fraction of sp³-hybridized carbons (Fsp3) is 0.500. The molecule has 2 amide bonds. The van der Waals surface area contributed by atoms with Gasteiger partial charge in [-0.3, -0.25) is 19.3 Å². The SMILES string of the molecule is COC(=O)CCC/C=C\C[C@@H]1OC(C)(C)O[C@@H]1CN1C(=O)c2ccccc2C1=O. The second kappa shape index (κ2) is 8.88. The minimum atomic E-state index is -0.785. The first-order valence-corrected chi connectivity index (χ1v) is 9.85. The summed E-state index contributed by atoms with van der Waals surface area (Å²) in [7, 11) is 1.38. The Balaban J connectivity index is 1.58. The first-order chi connectivity index (χ1) is 13.8. The van der Waals surface area contributed by atoms with Crippen molar-refractivity contribution in [1.82, 2.24) is 4.90 Å². The fourth-order valence-electron chi connectivity index (χ4n) is 3.66. The van der Waals surface area contributed by atoms with Crippen molar-refractivity contribution in [3.8, 4) is 0 Å². The fourth-order valence-corrected chi connectivity index (χ4v) is 3.66. The normalized spacial score (nSPS) is 23.1. The molecule has 3 rings (SSSR count). The molecular formula is C22H27NO6. The van der Waals surface area contributed by atoms with E-state index in [0.717, 1.165) is 12.8 Å². The number of imide groups is 1. The number of hydrogen-bond acceptors (Lipinski definition) is 6. The number of hydrogen-bond donors (Lipinski definition) is 0. The summed E-state index contributed by atoms with van der Waals surface area (Å²) in [6, 6.07) is 6.83. The number of nitrogens with zero attached hydrogens (tertiary/aromatic N) is 1. The molecule has 0 radical (unpaired) electrons. The molecule has 2 aliphatic heterocycles. The molecule has 1 aromatic rings. The minimum Gasteiger partial charge on any atom is -0.469 e. The second-order valence-corrected chi connectivity index (χ2v) is 7.65. The molecule has 0 bridgehead atoms. The Morgan fingerprint density at radius 1 is 1.10 bits per heavy atom. The van der Waals surface area contributed by atoms with Crippen LogP contribution in [0.3, 0.4) is 0 Å². The number of carbonyl (C=O) groups excluding carboxylic acids is 3. The molecule has 0 aromatic heterocycles. The van der Waals surface area contributed by atoms with E-state index >= 15 is 0 Å². The quantitative estimate of drug-likeness (QED) is 0.288. The molecule has 7 nitrogen and oxygen atoms in total. The summed E-state index contributed by atoms with van der Waals surface area (Å²) in [6.07, 6.45) is 5.76. The van der Waals surface area contributed by atoms with E-state index in [-0.39, 0.29) is 30.4 Å². The van der Waals surface area contributed by atoms with Crippen LogP contribution in [0.1, 0.15) is 60.2 Å². The van der Waals surface area contributed by atoms with E-state index in [1.54, 1.807) is 24.3 Å². The molecule has 2 atom stereocenters. The van der Waals surface area contributed by atoms with Crippen LogP contribution in [0, 0.1) is 0 Å². The van der Waals surface area contributed by atoms with E-state index in [0.29, 0.717) is 24.0 Å². The maximum absolute atomic E-state index is 12.6. The standard InChI is InChI=1S/C22H27NO6/c1-22(2)28-17(12-6-4-5-7-13-19(24)27-3)18(29-22)14-23-20(25)15-10-8-9-11-16(15)21(23)26/h4,6,8-11,17-18H,5,7,12-14H2,1-3H3/b6-4-/t17-,18+/m0/s1. The highest BCUT2D eigenvalue weighted by atomic mass is 16.8. The molecule has 1 saturated heterocycles. The summed E-state index contributed by atoms with van der Waals surface area (Å²) in [4.78, 5) is 37.6. The number of esters is 1. The van der Waals surface area contributed by atoms with Crippen molar-refractivity contribution in [3.05, 3.63) is 47.5 Å². The third-order valence-electron chi connectivity index (χ3n) is 5.04. The lowest BCUT2D eigenvalue weighted by Crippen LogP contribution is -2.41. The lowest BCUT2D eigenvalue weighted by Gasteiger charge is -2.21. The first-order valence-electron chi connectivity index (χ1n) is 9.85. The molecule has 2 heterocycles. The van der Waals surface area contributed by atoms with Gasteiger partial charge in [-0.1, -0.05) is 24.3 Å². The number of allylic oxidation sites excluding steroid dienone is 1. The van der Waals surface area contributed by atoms with E-state index in [4.69, 9.17) is 9.47 Å². The zero-order chi connectivity index (χ0) is 21.0. The van der Waals surface area contributed by atoms with E-state index in [1.807, 2.05) is 26.0 Å². The summed E-state index contributed by atoms with van der Waals surface area (Å²) in [5, 5.41) is 0. The molecule has 29 heavy (non-hydrogen) atoms. The van der Waals surface area contributed by atoms with E-state index in [9.17, 15) is 14.4 Å². The van der Waals surface area contributed by atoms with E-state index in [2.05, 4.69) is 4.74 Å². The Morgan fingerprint density at radius 2 is 1.72 bits per heavy atom. The van der Waals surface area contributed by atoms with Crippen molar-refractivity contribution >= 4 is 17.8 Å². The smallest absolute Gasteiger partial charge is 0.305 e. The number of unbranched alkanes of at least 4 members (excludes halogenated alkanes) is 1. The highest BCUT2D eigenvalue weighted by molar-refractivity contribution is 6.21. The third-order valence-corrected chi connectivity index (χ3v) is 5.04. The lowest BCUT2D eigenvalue weighted by molar-refractivity contribution is -0.146. The van der Waals surface area contributed by atoms with Crippen LogP contribution in [0.4, 0.5) is 0 Å². The molecule has 0 aliphatic carbocycles. The van der Waals surface area contributed by atoms with Gasteiger partial charge in [-0.25, -0.2) is 0 Å². The predicted octanol–water partition coefficient (Wildman–Crippen LogP) is 3.09. The van der Waals surface area contributed by atoms with E-state index in [1.165, 1.54) is 12.0 Å². The third kappa shape index (κ3) is 4.92. The summed E-state index contributed by atoms with van der Waals surface area (Å²) in [6.45, 7) is 3.79. The molecule has 0 saturated carbocycles. The van der Waals surface area contributed by atoms with Crippen molar-refractivity contribution in [2.45, 2.75) is 57.5 Å². The van der Waals surface area contributed by atoms with Crippen LogP contribution >= 0.6 is 0 Å². The molecule has 1 fully saturated rings. The predicted molar refractivity (Wildman–Crippen MR) is 105 cm³/mol. The first kappa shape index (κ1) is 21.2. The molecule has 7 heteroatoms. The van der Waals surface area contributed by atoms with Crippen molar-refractivity contribution in [2.75, 3.05) is 13.7 Å². The Hall–Kier alpha value is -2.51. The van der Waals surface area contributed by atoms with Crippen LogP contribution in [0.15, 0.2) is 36.4 Å². The maximum Gasteiger partial charge on any atom is 0.305 e. The molecule has 156 valence electrons. The zero-order valence-electron chi connectivity index (χ0n) is 17.1. The van der Waals surface area contributed by atoms with E-state index < -0.39 is 11.9 Å². The monoisotopic (exact) mass is 401 g/mol. The van der Waals surface area contributed by atoms with Gasteiger partial charge in [-0.2, -0.15) is 0 Å². The summed E-state index contributed by atoms with van der Waals surface area (Å²) >= 11 is 0. The summed E-state index contributed by atoms with van der Waals surface area (Å²) in [5.41, 5.74) is 0.857. The zero-order valence-corrected chi connectivity index (χ0v) is 17.1. The topological polar surface area (TPSA) is 82.1 Å². The Morgan fingerprint density at radius 3 is 2.34 bits per heavy atom. The van der Waals surface area contributed by atoms with Crippen molar-refractivity contribution < 1.29 is 28.6 Å². The van der Waals surface area contributed by atoms with Gasteiger partial charge in [0.05, 0.1) is 30.9 Å². The maximum atomic E-state index is 12.6. The Labute approximate surface area is 170 Å².